The Morgan fingerprint density at radius 1 is 1.13 bits per heavy atom. The van der Waals surface area contributed by atoms with Crippen LogP contribution < -0.4 is 9.54 Å². The number of aryl methyl sites for hydroxylation is 2. The number of aliphatic imine (C=N–C) groups is 1. The first-order valence-corrected chi connectivity index (χ1v) is 11.3. The summed E-state index contributed by atoms with van der Waals surface area (Å²) in [6.45, 7) is 9.49. The van der Waals surface area contributed by atoms with E-state index in [2.05, 4.69) is 38.3 Å². The number of hydrogen-bond acceptors (Lipinski definition) is 3. The summed E-state index contributed by atoms with van der Waals surface area (Å²) in [6.07, 6.45) is 2.24. The van der Waals surface area contributed by atoms with E-state index in [0.717, 1.165) is 41.0 Å². The van der Waals surface area contributed by atoms with E-state index < -0.39 is 0 Å². The molecular formula is C24H28ClN3OS. The van der Waals surface area contributed by atoms with Crippen LogP contribution in [-0.2, 0) is 6.54 Å². The first-order valence-electron chi connectivity index (χ1n) is 10.1. The summed E-state index contributed by atoms with van der Waals surface area (Å²) < 4.78 is 7.89. The van der Waals surface area contributed by atoms with Gasteiger partial charge in [-0.05, 0) is 63.1 Å². The van der Waals surface area contributed by atoms with Crippen LogP contribution in [-0.4, -0.2) is 17.5 Å². The molecule has 1 aromatic heterocycles. The van der Waals surface area contributed by atoms with Crippen LogP contribution in [0.2, 0.25) is 5.02 Å². The zero-order valence-corrected chi connectivity index (χ0v) is 19.8. The molecule has 0 fully saturated rings. The van der Waals surface area contributed by atoms with Crippen LogP contribution in [0.4, 0.5) is 5.69 Å². The summed E-state index contributed by atoms with van der Waals surface area (Å²) in [5, 5.41) is 0.621. The maximum absolute atomic E-state index is 6.32. The van der Waals surface area contributed by atoms with Gasteiger partial charge >= 0.3 is 0 Å². The molecule has 1 heterocycles. The molecule has 0 aliphatic rings. The van der Waals surface area contributed by atoms with Crippen molar-refractivity contribution in [3.8, 4) is 5.75 Å². The molecule has 0 bridgehead atoms. The molecular weight excluding hydrogens is 414 g/mol. The number of methoxy groups -OCH3 is 1. The Morgan fingerprint density at radius 3 is 2.63 bits per heavy atom. The largest absolute Gasteiger partial charge is 0.496 e. The van der Waals surface area contributed by atoms with Crippen molar-refractivity contribution in [2.75, 3.05) is 7.11 Å². The van der Waals surface area contributed by atoms with Gasteiger partial charge in [0.15, 0.2) is 10.6 Å². The SMILES string of the molecule is CCCCn1c(C)c(C)s/c1=N\C(=Nc1cccc(C)c1)c1cc(Cl)ccc1OC. The van der Waals surface area contributed by atoms with Crippen LogP contribution >= 0.6 is 22.9 Å². The molecule has 0 saturated heterocycles. The highest BCUT2D eigenvalue weighted by Gasteiger charge is 2.13. The quantitative estimate of drug-likeness (QED) is 0.313. The fourth-order valence-electron chi connectivity index (χ4n) is 3.17. The van der Waals surface area contributed by atoms with E-state index in [9.17, 15) is 0 Å². The molecule has 0 saturated carbocycles. The Labute approximate surface area is 187 Å². The van der Waals surface area contributed by atoms with Crippen molar-refractivity contribution in [3.63, 3.8) is 0 Å². The second kappa shape index (κ2) is 10.1. The molecule has 6 heteroatoms. The van der Waals surface area contributed by atoms with E-state index in [-0.39, 0.29) is 0 Å². The van der Waals surface area contributed by atoms with E-state index >= 15 is 0 Å². The molecule has 0 aliphatic carbocycles. The number of halogens is 1. The molecule has 0 spiro atoms. The van der Waals surface area contributed by atoms with Gasteiger partial charge in [0.2, 0.25) is 0 Å². The van der Waals surface area contributed by atoms with Crippen molar-refractivity contribution < 1.29 is 4.74 Å². The van der Waals surface area contributed by atoms with Crippen LogP contribution in [0.25, 0.3) is 0 Å². The lowest BCUT2D eigenvalue weighted by Gasteiger charge is -2.10. The highest BCUT2D eigenvalue weighted by Crippen LogP contribution is 2.26. The van der Waals surface area contributed by atoms with Gasteiger partial charge in [-0.25, -0.2) is 9.98 Å². The van der Waals surface area contributed by atoms with E-state index in [0.29, 0.717) is 16.6 Å². The van der Waals surface area contributed by atoms with Gasteiger partial charge in [0, 0.05) is 22.1 Å². The second-order valence-corrected chi connectivity index (χ2v) is 8.88. The highest BCUT2D eigenvalue weighted by molar-refractivity contribution is 7.09. The summed E-state index contributed by atoms with van der Waals surface area (Å²) in [7, 11) is 1.65. The van der Waals surface area contributed by atoms with Gasteiger partial charge in [0.1, 0.15) is 5.75 Å². The van der Waals surface area contributed by atoms with Crippen LogP contribution in [0.3, 0.4) is 0 Å². The average molecular weight is 442 g/mol. The van der Waals surface area contributed by atoms with E-state index in [1.54, 1.807) is 18.4 Å². The highest BCUT2D eigenvalue weighted by atomic mass is 35.5. The predicted molar refractivity (Wildman–Crippen MR) is 128 cm³/mol. The zero-order chi connectivity index (χ0) is 21.7. The Hall–Kier alpha value is -2.37. The Kier molecular flexibility index (Phi) is 7.51. The predicted octanol–water partition coefficient (Wildman–Crippen LogP) is 6.62. The molecule has 2 aromatic carbocycles. The number of benzene rings is 2. The average Bonchev–Trinajstić information content (AvgIpc) is 2.98. The van der Waals surface area contributed by atoms with E-state index in [1.807, 2.05) is 36.4 Å². The van der Waals surface area contributed by atoms with Crippen LogP contribution in [0, 0.1) is 20.8 Å². The lowest BCUT2D eigenvalue weighted by Crippen LogP contribution is -2.19. The fourth-order valence-corrected chi connectivity index (χ4v) is 4.35. The number of aromatic nitrogens is 1. The summed E-state index contributed by atoms with van der Waals surface area (Å²) in [5.74, 6) is 1.28. The molecule has 0 aliphatic heterocycles. The van der Waals surface area contributed by atoms with Gasteiger partial charge in [-0.15, -0.1) is 11.3 Å². The second-order valence-electron chi connectivity index (χ2n) is 7.26. The number of amidine groups is 1. The molecule has 0 radical (unpaired) electrons. The molecule has 3 rings (SSSR count). The van der Waals surface area contributed by atoms with Gasteiger partial charge in [-0.3, -0.25) is 0 Å². The van der Waals surface area contributed by atoms with Gasteiger partial charge in [-0.1, -0.05) is 37.1 Å². The smallest absolute Gasteiger partial charge is 0.191 e. The Morgan fingerprint density at radius 2 is 1.93 bits per heavy atom. The van der Waals surface area contributed by atoms with Gasteiger partial charge in [0.25, 0.3) is 0 Å². The third-order valence-corrected chi connectivity index (χ3v) is 6.30. The van der Waals surface area contributed by atoms with Crippen LogP contribution in [0.5, 0.6) is 5.75 Å². The first-order chi connectivity index (χ1) is 14.4. The van der Waals surface area contributed by atoms with Crippen molar-refractivity contribution in [3.05, 3.63) is 74.0 Å². The molecule has 0 N–H and O–H groups in total. The number of thiazole rings is 1. The number of unbranched alkanes of at least 4 members (excludes halogenated alkanes) is 1. The fraction of sp³-hybridized carbons (Fsp3) is 0.333. The zero-order valence-electron chi connectivity index (χ0n) is 18.2. The normalized spacial score (nSPS) is 12.5. The summed E-state index contributed by atoms with van der Waals surface area (Å²) >= 11 is 8.01. The van der Waals surface area contributed by atoms with E-state index in [4.69, 9.17) is 26.3 Å². The van der Waals surface area contributed by atoms with Gasteiger partial charge < -0.3 is 9.30 Å². The molecule has 0 atom stereocenters. The lowest BCUT2D eigenvalue weighted by atomic mass is 10.1. The first kappa shape index (κ1) is 22.3. The van der Waals surface area contributed by atoms with Gasteiger partial charge in [0.05, 0.1) is 18.4 Å². The minimum atomic E-state index is 0.589. The molecule has 30 heavy (non-hydrogen) atoms. The van der Waals surface area contributed by atoms with Crippen LogP contribution in [0.1, 0.15) is 41.5 Å². The van der Waals surface area contributed by atoms with Crippen LogP contribution in [0.15, 0.2) is 52.4 Å². The summed E-state index contributed by atoms with van der Waals surface area (Å²) in [6, 6.07) is 13.6. The summed E-state index contributed by atoms with van der Waals surface area (Å²) in [4.78, 5) is 12.1. The van der Waals surface area contributed by atoms with Crippen molar-refractivity contribution >= 4 is 34.5 Å². The molecule has 3 aromatic rings. The van der Waals surface area contributed by atoms with Gasteiger partial charge in [-0.2, -0.15) is 0 Å². The Bertz CT molecular complexity index is 1130. The topological polar surface area (TPSA) is 38.9 Å². The minimum Gasteiger partial charge on any atom is -0.496 e. The van der Waals surface area contributed by atoms with Crippen molar-refractivity contribution in [2.24, 2.45) is 9.98 Å². The third-order valence-electron chi connectivity index (χ3n) is 4.97. The minimum absolute atomic E-state index is 0.589. The van der Waals surface area contributed by atoms with Crippen molar-refractivity contribution in [1.29, 1.82) is 0 Å². The monoisotopic (exact) mass is 441 g/mol. The number of nitrogens with zero attached hydrogens (tertiary/aromatic N) is 3. The number of hydrogen-bond donors (Lipinski definition) is 0. The standard InChI is InChI=1S/C24H28ClN3OS/c1-6-7-13-28-17(3)18(4)30-24(28)27-23(26-20-10-8-9-16(2)14-20)21-15-19(25)11-12-22(21)29-5/h8-12,14-15H,6-7,13H2,1-5H3/b26-23?,27-24-. The van der Waals surface area contributed by atoms with E-state index in [1.165, 1.54) is 10.6 Å². The molecule has 0 amide bonds. The maximum atomic E-state index is 6.32. The summed E-state index contributed by atoms with van der Waals surface area (Å²) in [5.41, 5.74) is 4.02. The Balaban J connectivity index is 2.25. The molecule has 0 unspecified atom stereocenters. The molecule has 158 valence electrons. The number of ether oxygens (including phenoxy) is 1. The molecule has 4 nitrogen and oxygen atoms in total. The number of rotatable bonds is 6. The maximum Gasteiger partial charge on any atom is 0.191 e. The van der Waals surface area contributed by atoms with Crippen molar-refractivity contribution in [1.82, 2.24) is 4.57 Å². The lowest BCUT2D eigenvalue weighted by molar-refractivity contribution is 0.414. The van der Waals surface area contributed by atoms with Crippen molar-refractivity contribution in [2.45, 2.75) is 47.1 Å². The third kappa shape index (κ3) is 5.21.